The molecule has 1 fully saturated rings. The first-order valence-corrected chi connectivity index (χ1v) is 10.2. The van der Waals surface area contributed by atoms with Gasteiger partial charge >= 0.3 is 0 Å². The van der Waals surface area contributed by atoms with Gasteiger partial charge < -0.3 is 9.88 Å². The molecule has 0 unspecified atom stereocenters. The van der Waals surface area contributed by atoms with Gasteiger partial charge in [0.05, 0.1) is 10.1 Å². The quantitative estimate of drug-likeness (QED) is 0.731. The fourth-order valence-corrected chi connectivity index (χ4v) is 3.65. The van der Waals surface area contributed by atoms with E-state index in [1.54, 1.807) is 6.92 Å². The highest BCUT2D eigenvalue weighted by atomic mass is 32.2. The number of nitrogens with two attached hydrogens (primary N) is 1. The van der Waals surface area contributed by atoms with Crippen LogP contribution >= 0.6 is 11.8 Å². The molecule has 1 aliphatic carbocycles. The third-order valence-electron chi connectivity index (χ3n) is 3.91. The number of thioether (sulfide) groups is 1. The zero-order chi connectivity index (χ0) is 18.2. The number of sulfonamides is 1. The maximum atomic E-state index is 12.3. The fourth-order valence-electron chi connectivity index (χ4n) is 2.31. The number of anilines is 1. The second kappa shape index (κ2) is 6.77. The largest absolute Gasteiger partial charge is 0.325 e. The van der Waals surface area contributed by atoms with Crippen molar-refractivity contribution >= 4 is 33.4 Å². The summed E-state index contributed by atoms with van der Waals surface area (Å²) in [5.41, 5.74) is 0.501. The molecule has 1 amide bonds. The monoisotopic (exact) mass is 381 g/mol. The van der Waals surface area contributed by atoms with Crippen LogP contribution in [-0.2, 0) is 21.9 Å². The summed E-state index contributed by atoms with van der Waals surface area (Å²) >= 11 is 1.33. The first-order chi connectivity index (χ1) is 11.8. The van der Waals surface area contributed by atoms with Crippen LogP contribution in [0.2, 0.25) is 0 Å². The molecule has 3 rings (SSSR count). The summed E-state index contributed by atoms with van der Waals surface area (Å²) in [6.45, 7) is 1.78. The summed E-state index contributed by atoms with van der Waals surface area (Å²) in [4.78, 5) is 12.3. The lowest BCUT2D eigenvalue weighted by molar-refractivity contribution is -0.115. The highest BCUT2D eigenvalue weighted by molar-refractivity contribution is 8.00. The molecule has 1 aromatic carbocycles. The number of carbonyl (C=O) groups is 1. The van der Waals surface area contributed by atoms with Gasteiger partial charge in [-0.2, -0.15) is 0 Å². The molecular formula is C15H19N5O3S2. The number of rotatable bonds is 6. The predicted molar refractivity (Wildman–Crippen MR) is 94.7 cm³/mol. The summed E-state index contributed by atoms with van der Waals surface area (Å²) in [5, 5.41) is 16.5. The molecule has 1 aromatic heterocycles. The summed E-state index contributed by atoms with van der Waals surface area (Å²) in [5.74, 6) is 1.26. The van der Waals surface area contributed by atoms with Crippen LogP contribution in [-0.4, -0.2) is 34.3 Å². The van der Waals surface area contributed by atoms with Gasteiger partial charge in [-0.15, -0.1) is 10.2 Å². The molecule has 1 saturated carbocycles. The van der Waals surface area contributed by atoms with Crippen molar-refractivity contribution in [1.29, 1.82) is 0 Å². The highest BCUT2D eigenvalue weighted by Crippen LogP contribution is 2.39. The Labute approximate surface area is 150 Å². The Morgan fingerprint density at radius 3 is 2.52 bits per heavy atom. The third kappa shape index (κ3) is 4.20. The SMILES string of the molecule is C[C@H](Sc1nnc(C2CC2)n1C)C(=O)Nc1ccc(S(N)(=O)=O)cc1. The molecule has 134 valence electrons. The smallest absolute Gasteiger partial charge is 0.238 e. The minimum atomic E-state index is -3.74. The lowest BCUT2D eigenvalue weighted by Crippen LogP contribution is -2.23. The van der Waals surface area contributed by atoms with Gasteiger partial charge in [0, 0.05) is 18.7 Å². The number of primary sulfonamides is 1. The number of aromatic nitrogens is 3. The van der Waals surface area contributed by atoms with E-state index in [1.807, 2.05) is 11.6 Å². The first-order valence-electron chi connectivity index (χ1n) is 7.75. The molecule has 25 heavy (non-hydrogen) atoms. The summed E-state index contributed by atoms with van der Waals surface area (Å²) < 4.78 is 24.4. The zero-order valence-electron chi connectivity index (χ0n) is 13.8. The van der Waals surface area contributed by atoms with Crippen LogP contribution in [0.5, 0.6) is 0 Å². The van der Waals surface area contributed by atoms with Crippen molar-refractivity contribution in [1.82, 2.24) is 14.8 Å². The van der Waals surface area contributed by atoms with Gasteiger partial charge in [0.25, 0.3) is 0 Å². The van der Waals surface area contributed by atoms with Crippen LogP contribution in [0, 0.1) is 0 Å². The average Bonchev–Trinajstić information content (AvgIpc) is 3.32. The lowest BCUT2D eigenvalue weighted by Gasteiger charge is -2.12. The van der Waals surface area contributed by atoms with Crippen LogP contribution in [0.1, 0.15) is 31.5 Å². The Balaban J connectivity index is 1.62. The normalized spacial score (nSPS) is 15.8. The van der Waals surface area contributed by atoms with Crippen LogP contribution in [0.4, 0.5) is 5.69 Å². The molecule has 0 aliphatic heterocycles. The topological polar surface area (TPSA) is 120 Å². The van der Waals surface area contributed by atoms with E-state index >= 15 is 0 Å². The maximum absolute atomic E-state index is 12.3. The molecule has 8 nitrogen and oxygen atoms in total. The molecule has 10 heteroatoms. The number of nitrogens with one attached hydrogen (secondary N) is 1. The van der Waals surface area contributed by atoms with E-state index < -0.39 is 10.0 Å². The van der Waals surface area contributed by atoms with E-state index in [9.17, 15) is 13.2 Å². The highest BCUT2D eigenvalue weighted by Gasteiger charge is 2.30. The Bertz CT molecular complexity index is 888. The number of carbonyl (C=O) groups excluding carboxylic acids is 1. The molecule has 0 bridgehead atoms. The van der Waals surface area contributed by atoms with Crippen LogP contribution in [0.25, 0.3) is 0 Å². The molecule has 0 saturated heterocycles. The number of benzene rings is 1. The maximum Gasteiger partial charge on any atom is 0.238 e. The Morgan fingerprint density at radius 2 is 1.96 bits per heavy atom. The van der Waals surface area contributed by atoms with Crippen LogP contribution < -0.4 is 10.5 Å². The van der Waals surface area contributed by atoms with Crippen molar-refractivity contribution in [2.24, 2.45) is 12.2 Å². The second-order valence-electron chi connectivity index (χ2n) is 5.99. The second-order valence-corrected chi connectivity index (χ2v) is 8.86. The van der Waals surface area contributed by atoms with E-state index in [0.29, 0.717) is 16.8 Å². The van der Waals surface area contributed by atoms with Crippen molar-refractivity contribution in [3.63, 3.8) is 0 Å². The van der Waals surface area contributed by atoms with Crippen molar-refractivity contribution in [2.75, 3.05) is 5.32 Å². The summed E-state index contributed by atoms with van der Waals surface area (Å²) in [6, 6.07) is 5.71. The van der Waals surface area contributed by atoms with Crippen LogP contribution in [0.15, 0.2) is 34.3 Å². The van der Waals surface area contributed by atoms with Gasteiger partial charge in [-0.05, 0) is 44.0 Å². The Hall–Kier alpha value is -1.91. The van der Waals surface area contributed by atoms with E-state index in [1.165, 1.54) is 36.0 Å². The minimum Gasteiger partial charge on any atom is -0.325 e. The van der Waals surface area contributed by atoms with Crippen molar-refractivity contribution in [3.8, 4) is 0 Å². The Morgan fingerprint density at radius 1 is 1.32 bits per heavy atom. The van der Waals surface area contributed by atoms with Gasteiger partial charge in [0.1, 0.15) is 5.82 Å². The van der Waals surface area contributed by atoms with Crippen molar-refractivity contribution < 1.29 is 13.2 Å². The number of nitrogens with zero attached hydrogens (tertiary/aromatic N) is 3. The van der Waals surface area contributed by atoms with Gasteiger partial charge in [0.15, 0.2) is 5.16 Å². The van der Waals surface area contributed by atoms with Crippen LogP contribution in [0.3, 0.4) is 0 Å². The molecule has 3 N–H and O–H groups in total. The average molecular weight is 381 g/mol. The molecule has 1 atom stereocenters. The van der Waals surface area contributed by atoms with Gasteiger partial charge in [-0.3, -0.25) is 4.79 Å². The van der Waals surface area contributed by atoms with Gasteiger partial charge in [-0.1, -0.05) is 11.8 Å². The van der Waals surface area contributed by atoms with E-state index in [0.717, 1.165) is 18.7 Å². The molecule has 2 aromatic rings. The van der Waals surface area contributed by atoms with E-state index in [-0.39, 0.29) is 16.1 Å². The van der Waals surface area contributed by atoms with Crippen molar-refractivity contribution in [3.05, 3.63) is 30.1 Å². The number of hydrogen-bond donors (Lipinski definition) is 2. The van der Waals surface area contributed by atoms with Gasteiger partial charge in [-0.25, -0.2) is 13.6 Å². The molecule has 1 heterocycles. The molecule has 0 radical (unpaired) electrons. The van der Waals surface area contributed by atoms with Crippen molar-refractivity contribution in [2.45, 2.75) is 41.0 Å². The van der Waals surface area contributed by atoms with E-state index in [2.05, 4.69) is 15.5 Å². The number of amides is 1. The van der Waals surface area contributed by atoms with E-state index in [4.69, 9.17) is 5.14 Å². The molecule has 1 aliphatic rings. The summed E-state index contributed by atoms with van der Waals surface area (Å²) in [7, 11) is -1.84. The fraction of sp³-hybridized carbons (Fsp3) is 0.400. The first kappa shape index (κ1) is 17.9. The Kier molecular flexibility index (Phi) is 4.85. The standard InChI is InChI=1S/C15H19N5O3S2/c1-9(24-15-19-18-13(20(15)2)10-3-4-10)14(21)17-11-5-7-12(8-6-11)25(16,22)23/h5-10H,3-4H2,1-2H3,(H,17,21)(H2,16,22,23)/t9-/m0/s1. The predicted octanol–water partition coefficient (Wildman–Crippen LogP) is 1.46. The lowest BCUT2D eigenvalue weighted by atomic mass is 10.3. The zero-order valence-corrected chi connectivity index (χ0v) is 15.5. The minimum absolute atomic E-state index is 0.000359. The molecule has 0 spiro atoms. The number of hydrogen-bond acceptors (Lipinski definition) is 6. The summed E-state index contributed by atoms with van der Waals surface area (Å²) in [6.07, 6.45) is 2.28. The molecular weight excluding hydrogens is 362 g/mol. The third-order valence-corrected chi connectivity index (χ3v) is 5.98. The van der Waals surface area contributed by atoms with Gasteiger partial charge in [0.2, 0.25) is 15.9 Å².